The topological polar surface area (TPSA) is 51.0 Å². The third-order valence-electron chi connectivity index (χ3n) is 1.79. The molecule has 0 saturated carbocycles. The molecule has 4 nitrogen and oxygen atoms in total. The van der Waals surface area contributed by atoms with E-state index in [1.165, 1.54) is 13.8 Å². The molecule has 4 heteroatoms. The van der Waals surface area contributed by atoms with Crippen molar-refractivity contribution in [2.75, 3.05) is 7.11 Å². The van der Waals surface area contributed by atoms with Crippen LogP contribution < -0.4 is 10.7 Å². The van der Waals surface area contributed by atoms with Gasteiger partial charge in [-0.05, 0) is 18.2 Å². The number of benzene rings is 1. The molecule has 1 aliphatic heterocycles. The first-order valence-corrected chi connectivity index (χ1v) is 3.77. The van der Waals surface area contributed by atoms with Gasteiger partial charge in [-0.15, -0.1) is 0 Å². The van der Waals surface area contributed by atoms with E-state index in [9.17, 15) is 4.79 Å². The summed E-state index contributed by atoms with van der Waals surface area (Å²) in [6.07, 6.45) is 0. The van der Waals surface area contributed by atoms with Crippen LogP contribution in [0.25, 0.3) is 0 Å². The monoisotopic (exact) mass is 175 g/mol. The number of rotatable bonds is 1. The first-order chi connectivity index (χ1) is 6.31. The van der Waals surface area contributed by atoms with Crippen molar-refractivity contribution in [2.45, 2.75) is 0 Å². The van der Waals surface area contributed by atoms with Crippen LogP contribution >= 0.6 is 0 Å². The minimum atomic E-state index is -0.357. The number of methoxy groups -OCH3 is 1. The fourth-order valence-electron chi connectivity index (χ4n) is 1.13. The molecule has 0 saturated heterocycles. The number of fused-ring (bicyclic) bond motifs is 1. The summed E-state index contributed by atoms with van der Waals surface area (Å²) in [5.41, 5.74) is 0.496. The molecule has 0 fully saturated rings. The van der Waals surface area contributed by atoms with E-state index in [-0.39, 0.29) is 5.97 Å². The Bertz CT molecular complexity index is 465. The van der Waals surface area contributed by atoms with Crippen molar-refractivity contribution in [3.63, 3.8) is 0 Å². The molecule has 2 rings (SSSR count). The number of carbonyl (C=O) groups excluding carboxylic acids is 1. The Kier molecular flexibility index (Phi) is 1.81. The van der Waals surface area contributed by atoms with Crippen molar-refractivity contribution in [1.29, 1.82) is 0 Å². The van der Waals surface area contributed by atoms with Gasteiger partial charge in [0.05, 0.1) is 23.4 Å². The molecule has 0 bridgehead atoms. The van der Waals surface area contributed by atoms with E-state index < -0.39 is 0 Å². The third kappa shape index (κ3) is 1.30. The van der Waals surface area contributed by atoms with E-state index in [0.717, 1.165) is 5.36 Å². The van der Waals surface area contributed by atoms with Crippen LogP contribution in [0.4, 0.5) is 0 Å². The summed E-state index contributed by atoms with van der Waals surface area (Å²) in [4.78, 5) is 19.1. The van der Waals surface area contributed by atoms with E-state index in [1.54, 1.807) is 18.2 Å². The zero-order chi connectivity index (χ0) is 9.26. The van der Waals surface area contributed by atoms with Crippen LogP contribution in [-0.4, -0.2) is 13.1 Å². The van der Waals surface area contributed by atoms with Crippen LogP contribution in [0.15, 0.2) is 28.2 Å². The lowest BCUT2D eigenvalue weighted by molar-refractivity contribution is 0.0600. The second-order valence-corrected chi connectivity index (χ2v) is 2.57. The quantitative estimate of drug-likeness (QED) is 0.557. The van der Waals surface area contributed by atoms with Crippen molar-refractivity contribution in [3.05, 3.63) is 41.1 Å². The average molecular weight is 175 g/mol. The van der Waals surface area contributed by atoms with E-state index in [2.05, 4.69) is 14.7 Å². The Labute approximate surface area is 74.6 Å². The molecule has 0 aromatic heterocycles. The van der Waals surface area contributed by atoms with Crippen LogP contribution in [0, 0.1) is 6.67 Å². The second-order valence-electron chi connectivity index (χ2n) is 2.57. The van der Waals surface area contributed by atoms with Crippen LogP contribution in [-0.2, 0) is 4.74 Å². The van der Waals surface area contributed by atoms with Crippen LogP contribution in [0.2, 0.25) is 0 Å². The summed E-state index contributed by atoms with van der Waals surface area (Å²) < 4.78 is 4.57. The fraction of sp³-hybridized carbons (Fsp3) is 0.111. The van der Waals surface area contributed by atoms with Crippen LogP contribution in [0.3, 0.4) is 0 Å². The summed E-state index contributed by atoms with van der Waals surface area (Å²) in [6.45, 7) is 1.46. The predicted molar refractivity (Wildman–Crippen MR) is 44.4 cm³/mol. The summed E-state index contributed by atoms with van der Waals surface area (Å²) in [5, 5.41) is 1.50. The molecule has 0 amide bonds. The first kappa shape index (κ1) is 7.91. The first-order valence-electron chi connectivity index (χ1n) is 3.77. The lowest BCUT2D eigenvalue weighted by Crippen LogP contribution is -2.23. The maximum atomic E-state index is 11.1. The molecular formula is C9H7N2O2. The lowest BCUT2D eigenvalue weighted by atomic mass is 10.2. The fourth-order valence-corrected chi connectivity index (χ4v) is 1.13. The Morgan fingerprint density at radius 2 is 2.08 bits per heavy atom. The number of ether oxygens (including phenoxy) is 1. The van der Waals surface area contributed by atoms with E-state index in [0.29, 0.717) is 10.9 Å². The van der Waals surface area contributed by atoms with Gasteiger partial charge in [-0.2, -0.15) is 0 Å². The zero-order valence-electron chi connectivity index (χ0n) is 7.02. The molecule has 0 aliphatic carbocycles. The van der Waals surface area contributed by atoms with Crippen LogP contribution in [0.5, 0.6) is 0 Å². The average Bonchev–Trinajstić information content (AvgIpc) is 2.63. The van der Waals surface area contributed by atoms with Crippen molar-refractivity contribution < 1.29 is 9.53 Å². The van der Waals surface area contributed by atoms with Gasteiger partial charge in [0, 0.05) is 0 Å². The number of hydrogen-bond donors (Lipinski definition) is 0. The van der Waals surface area contributed by atoms with Crippen molar-refractivity contribution >= 4 is 5.97 Å². The lowest BCUT2D eigenvalue weighted by Gasteiger charge is -1.96. The molecule has 1 aromatic rings. The number of nitrogens with zero attached hydrogens (tertiary/aromatic N) is 2. The molecule has 0 spiro atoms. The Morgan fingerprint density at radius 3 is 2.85 bits per heavy atom. The van der Waals surface area contributed by atoms with Gasteiger partial charge in [-0.25, -0.2) is 4.79 Å². The summed E-state index contributed by atoms with van der Waals surface area (Å²) >= 11 is 0. The van der Waals surface area contributed by atoms with Gasteiger partial charge in [0.2, 0.25) is 0 Å². The Balaban J connectivity index is 2.55. The third-order valence-corrected chi connectivity index (χ3v) is 1.79. The second kappa shape index (κ2) is 2.97. The smallest absolute Gasteiger partial charge is 0.337 e. The maximum Gasteiger partial charge on any atom is 0.337 e. The van der Waals surface area contributed by atoms with Gasteiger partial charge in [0.25, 0.3) is 0 Å². The summed E-state index contributed by atoms with van der Waals surface area (Å²) in [5.74, 6) is -0.357. The molecule has 13 heavy (non-hydrogen) atoms. The van der Waals surface area contributed by atoms with Crippen LogP contribution in [0.1, 0.15) is 10.4 Å². The molecule has 0 N–H and O–H groups in total. The molecule has 0 atom stereocenters. The largest absolute Gasteiger partial charge is 0.465 e. The normalized spacial score (nSPS) is 12.7. The molecule has 1 heterocycles. The predicted octanol–water partition coefficient (Wildman–Crippen LogP) is -0.155. The van der Waals surface area contributed by atoms with Gasteiger partial charge >= 0.3 is 5.97 Å². The van der Waals surface area contributed by atoms with Crippen molar-refractivity contribution in [3.8, 4) is 0 Å². The number of esters is 1. The highest BCUT2D eigenvalue weighted by Gasteiger charge is 2.06. The Hall–Kier alpha value is -1.71. The maximum absolute atomic E-state index is 11.1. The number of carbonyl (C=O) groups is 1. The minimum absolute atomic E-state index is 0.357. The van der Waals surface area contributed by atoms with Gasteiger partial charge in [0.1, 0.15) is 0 Å². The molecule has 0 unspecified atom stereocenters. The molecule has 1 radical (unpaired) electrons. The highest BCUT2D eigenvalue weighted by Crippen LogP contribution is 1.96. The molecular weight excluding hydrogens is 168 g/mol. The number of hydrogen-bond acceptors (Lipinski definition) is 4. The SMILES string of the molecule is COC(=O)c1ccc2c(c1)=N[CH]N=2. The Morgan fingerprint density at radius 1 is 1.31 bits per heavy atom. The van der Waals surface area contributed by atoms with E-state index >= 15 is 0 Å². The highest BCUT2D eigenvalue weighted by molar-refractivity contribution is 5.89. The summed E-state index contributed by atoms with van der Waals surface area (Å²) in [7, 11) is 1.35. The standard InChI is InChI=1S/C9H7N2O2/c1-13-9(12)6-2-3-7-8(4-6)11-5-10-7/h2-5H,1H3. The van der Waals surface area contributed by atoms with E-state index in [4.69, 9.17) is 0 Å². The summed E-state index contributed by atoms with van der Waals surface area (Å²) in [6, 6.07) is 5.08. The van der Waals surface area contributed by atoms with Crippen molar-refractivity contribution in [2.24, 2.45) is 9.98 Å². The van der Waals surface area contributed by atoms with E-state index in [1.807, 2.05) is 0 Å². The van der Waals surface area contributed by atoms with Gasteiger partial charge in [-0.1, -0.05) is 0 Å². The highest BCUT2D eigenvalue weighted by atomic mass is 16.5. The van der Waals surface area contributed by atoms with Gasteiger partial charge < -0.3 is 4.74 Å². The van der Waals surface area contributed by atoms with Gasteiger partial charge in [0.15, 0.2) is 6.67 Å². The van der Waals surface area contributed by atoms with Crippen molar-refractivity contribution in [1.82, 2.24) is 0 Å². The van der Waals surface area contributed by atoms with Gasteiger partial charge in [-0.3, -0.25) is 9.98 Å². The minimum Gasteiger partial charge on any atom is -0.465 e. The zero-order valence-corrected chi connectivity index (χ0v) is 7.02. The molecule has 1 aliphatic rings. The molecule has 1 aromatic carbocycles. The molecule has 65 valence electrons.